The zero-order valence-corrected chi connectivity index (χ0v) is 17.4. The molecule has 1 fully saturated rings. The van der Waals surface area contributed by atoms with Gasteiger partial charge in [0, 0.05) is 53.9 Å². The van der Waals surface area contributed by atoms with Crippen molar-refractivity contribution in [3.05, 3.63) is 75.7 Å². The Morgan fingerprint density at radius 3 is 2.60 bits per heavy atom. The van der Waals surface area contributed by atoms with Gasteiger partial charge >= 0.3 is 0 Å². The largest absolute Gasteiger partial charge is 0.379 e. The number of rotatable bonds is 6. The Labute approximate surface area is 180 Å². The molecule has 1 aromatic heterocycles. The fourth-order valence-electron chi connectivity index (χ4n) is 3.69. The number of anilines is 1. The Balaban J connectivity index is 1.50. The van der Waals surface area contributed by atoms with Gasteiger partial charge in [0.1, 0.15) is 0 Å². The molecule has 1 N–H and O–H groups in total. The van der Waals surface area contributed by atoms with Gasteiger partial charge in [-0.3, -0.25) is 14.5 Å². The number of morpholine rings is 1. The molecule has 0 atom stereocenters. The molecule has 0 spiro atoms. The number of ether oxygens (including phenoxy) is 1. The summed E-state index contributed by atoms with van der Waals surface area (Å²) in [7, 11) is 0. The molecule has 1 saturated heterocycles. The van der Waals surface area contributed by atoms with Crippen molar-refractivity contribution in [2.75, 3.05) is 38.2 Å². The molecule has 0 aliphatic carbocycles. The molecule has 1 amide bonds. The number of pyridine rings is 1. The van der Waals surface area contributed by atoms with Gasteiger partial charge in [-0.2, -0.15) is 0 Å². The third-order valence-corrected chi connectivity index (χ3v) is 5.73. The molecular formula is C23H24ClN3O3. The number of amides is 1. The molecular weight excluding hydrogens is 402 g/mol. The van der Waals surface area contributed by atoms with E-state index in [0.29, 0.717) is 22.6 Å². The van der Waals surface area contributed by atoms with Crippen LogP contribution in [0.15, 0.2) is 59.5 Å². The average molecular weight is 426 g/mol. The quantitative estimate of drug-likeness (QED) is 0.659. The van der Waals surface area contributed by atoms with Gasteiger partial charge in [-0.05, 0) is 29.8 Å². The lowest BCUT2D eigenvalue weighted by atomic mass is 10.1. The van der Waals surface area contributed by atoms with Gasteiger partial charge in [-0.15, -0.1) is 0 Å². The van der Waals surface area contributed by atoms with Gasteiger partial charge in [-0.25, -0.2) is 0 Å². The lowest BCUT2D eigenvalue weighted by Gasteiger charge is -2.26. The van der Waals surface area contributed by atoms with Crippen molar-refractivity contribution in [1.82, 2.24) is 9.47 Å². The maximum Gasteiger partial charge on any atom is 0.258 e. The Morgan fingerprint density at radius 1 is 1.00 bits per heavy atom. The van der Waals surface area contributed by atoms with Crippen LogP contribution in [0.2, 0.25) is 5.02 Å². The van der Waals surface area contributed by atoms with Gasteiger partial charge in [0.25, 0.3) is 5.56 Å². The third kappa shape index (κ3) is 4.73. The van der Waals surface area contributed by atoms with Crippen LogP contribution in [0.1, 0.15) is 5.56 Å². The highest BCUT2D eigenvalue weighted by Crippen LogP contribution is 2.22. The van der Waals surface area contributed by atoms with Crippen LogP contribution in [0.3, 0.4) is 0 Å². The number of benzene rings is 2. The molecule has 0 unspecified atom stereocenters. The molecule has 6 nitrogen and oxygen atoms in total. The van der Waals surface area contributed by atoms with E-state index in [4.69, 9.17) is 16.3 Å². The van der Waals surface area contributed by atoms with E-state index in [-0.39, 0.29) is 17.9 Å². The van der Waals surface area contributed by atoms with Crippen molar-refractivity contribution in [2.45, 2.75) is 13.0 Å². The lowest BCUT2D eigenvalue weighted by Crippen LogP contribution is -2.39. The first-order chi connectivity index (χ1) is 14.6. The first-order valence-electron chi connectivity index (χ1n) is 10.1. The van der Waals surface area contributed by atoms with Crippen LogP contribution < -0.4 is 10.9 Å². The summed E-state index contributed by atoms with van der Waals surface area (Å²) in [5.74, 6) is -0.174. The van der Waals surface area contributed by atoms with Crippen LogP contribution in [-0.4, -0.2) is 48.2 Å². The summed E-state index contributed by atoms with van der Waals surface area (Å²) in [6.45, 7) is 4.70. The third-order valence-electron chi connectivity index (χ3n) is 5.36. The van der Waals surface area contributed by atoms with Crippen molar-refractivity contribution in [1.29, 1.82) is 0 Å². The molecule has 156 valence electrons. The molecule has 4 rings (SSSR count). The number of hydrogen-bond donors (Lipinski definition) is 1. The van der Waals surface area contributed by atoms with E-state index in [1.165, 1.54) is 0 Å². The van der Waals surface area contributed by atoms with Gasteiger partial charge in [-0.1, -0.05) is 35.9 Å². The number of hydrogen-bond acceptors (Lipinski definition) is 4. The zero-order chi connectivity index (χ0) is 20.9. The normalized spacial score (nSPS) is 14.7. The minimum Gasteiger partial charge on any atom is -0.379 e. The Bertz CT molecular complexity index is 1110. The number of carbonyl (C=O) groups excluding carboxylic acids is 1. The molecule has 0 radical (unpaired) electrons. The molecule has 2 aromatic carbocycles. The second-order valence-electron chi connectivity index (χ2n) is 7.35. The molecule has 1 aliphatic heterocycles. The van der Waals surface area contributed by atoms with Crippen LogP contribution in [0, 0.1) is 0 Å². The standard InChI is InChI=1S/C23H24ClN3O3/c24-20-6-2-1-4-17(20)16-22(28)25-21-7-3-5-19-18(21)8-9-27(23(19)29)11-10-26-12-14-30-15-13-26/h1-9H,10-16H2,(H,25,28). The second-order valence-corrected chi connectivity index (χ2v) is 7.76. The fraction of sp³-hybridized carbons (Fsp3) is 0.304. The average Bonchev–Trinajstić information content (AvgIpc) is 2.76. The van der Waals surface area contributed by atoms with Gasteiger partial charge < -0.3 is 14.6 Å². The Morgan fingerprint density at radius 2 is 1.80 bits per heavy atom. The Kier molecular flexibility index (Phi) is 6.47. The van der Waals surface area contributed by atoms with E-state index in [9.17, 15) is 9.59 Å². The number of carbonyl (C=O) groups is 1. The van der Waals surface area contributed by atoms with Crippen molar-refractivity contribution >= 4 is 34.0 Å². The summed E-state index contributed by atoms with van der Waals surface area (Å²) in [5, 5.41) is 4.81. The topological polar surface area (TPSA) is 63.6 Å². The highest BCUT2D eigenvalue weighted by molar-refractivity contribution is 6.31. The van der Waals surface area contributed by atoms with E-state index >= 15 is 0 Å². The minimum atomic E-state index is -0.174. The molecule has 1 aliphatic rings. The van der Waals surface area contributed by atoms with Crippen LogP contribution in [-0.2, 0) is 22.5 Å². The van der Waals surface area contributed by atoms with Crippen LogP contribution in [0.4, 0.5) is 5.69 Å². The predicted octanol–water partition coefficient (Wildman–Crippen LogP) is 3.17. The molecule has 2 heterocycles. The number of halogens is 1. The van der Waals surface area contributed by atoms with Gasteiger partial charge in [0.2, 0.25) is 5.91 Å². The Hall–Kier alpha value is -2.67. The van der Waals surface area contributed by atoms with E-state index < -0.39 is 0 Å². The van der Waals surface area contributed by atoms with E-state index in [0.717, 1.165) is 43.8 Å². The summed E-state index contributed by atoms with van der Waals surface area (Å²) < 4.78 is 7.10. The van der Waals surface area contributed by atoms with Gasteiger partial charge in [0.15, 0.2) is 0 Å². The smallest absolute Gasteiger partial charge is 0.258 e. The molecule has 0 saturated carbocycles. The summed E-state index contributed by atoms with van der Waals surface area (Å²) in [4.78, 5) is 27.8. The molecule has 30 heavy (non-hydrogen) atoms. The molecule has 3 aromatic rings. The fourth-order valence-corrected chi connectivity index (χ4v) is 3.89. The number of aromatic nitrogens is 1. The number of nitrogens with zero attached hydrogens (tertiary/aromatic N) is 2. The number of fused-ring (bicyclic) bond motifs is 1. The lowest BCUT2D eigenvalue weighted by molar-refractivity contribution is -0.115. The number of nitrogens with one attached hydrogen (secondary N) is 1. The monoisotopic (exact) mass is 425 g/mol. The van der Waals surface area contributed by atoms with Crippen LogP contribution >= 0.6 is 11.6 Å². The molecule has 7 heteroatoms. The summed E-state index contributed by atoms with van der Waals surface area (Å²) >= 11 is 6.16. The second kappa shape index (κ2) is 9.43. The maximum atomic E-state index is 13.0. The van der Waals surface area contributed by atoms with E-state index in [1.54, 1.807) is 29.0 Å². The van der Waals surface area contributed by atoms with E-state index in [1.807, 2.05) is 30.3 Å². The summed E-state index contributed by atoms with van der Waals surface area (Å²) in [5.41, 5.74) is 1.34. The SMILES string of the molecule is O=C(Cc1ccccc1Cl)Nc1cccc2c(=O)n(CCN3CCOCC3)ccc12. The van der Waals surface area contributed by atoms with Crippen molar-refractivity contribution < 1.29 is 9.53 Å². The highest BCUT2D eigenvalue weighted by Gasteiger charge is 2.13. The van der Waals surface area contributed by atoms with Crippen molar-refractivity contribution in [3.63, 3.8) is 0 Å². The van der Waals surface area contributed by atoms with Gasteiger partial charge in [0.05, 0.1) is 19.6 Å². The molecule has 0 bridgehead atoms. The van der Waals surface area contributed by atoms with Crippen molar-refractivity contribution in [2.24, 2.45) is 0 Å². The summed E-state index contributed by atoms with van der Waals surface area (Å²) in [6, 6.07) is 14.6. The first-order valence-corrected chi connectivity index (χ1v) is 10.4. The summed E-state index contributed by atoms with van der Waals surface area (Å²) in [6.07, 6.45) is 1.97. The van der Waals surface area contributed by atoms with Crippen LogP contribution in [0.5, 0.6) is 0 Å². The minimum absolute atomic E-state index is 0.0528. The van der Waals surface area contributed by atoms with Crippen molar-refractivity contribution in [3.8, 4) is 0 Å². The zero-order valence-electron chi connectivity index (χ0n) is 16.6. The predicted molar refractivity (Wildman–Crippen MR) is 119 cm³/mol. The van der Waals surface area contributed by atoms with Crippen LogP contribution in [0.25, 0.3) is 10.8 Å². The maximum absolute atomic E-state index is 13.0. The van der Waals surface area contributed by atoms with E-state index in [2.05, 4.69) is 10.2 Å². The highest BCUT2D eigenvalue weighted by atomic mass is 35.5. The first kappa shape index (κ1) is 20.6.